The Bertz CT molecular complexity index is 1350. The fraction of sp³-hybridized carbons (Fsp3) is 0.148. The van der Waals surface area contributed by atoms with Crippen LogP contribution in [0, 0.1) is 6.04 Å². The second-order valence-electron chi connectivity index (χ2n) is 8.79. The highest BCUT2D eigenvalue weighted by Crippen LogP contribution is 2.36. The number of furan rings is 1. The molecule has 2 aromatic carbocycles. The lowest BCUT2D eigenvalue weighted by atomic mass is 9.81. The summed E-state index contributed by atoms with van der Waals surface area (Å²) >= 11 is 0. The maximum Gasteiger partial charge on any atom is 0.283 e. The summed E-state index contributed by atoms with van der Waals surface area (Å²) in [4.78, 5) is 4.51. The molecule has 3 heteroatoms. The maximum absolute atomic E-state index is 5.54. The van der Waals surface area contributed by atoms with Crippen molar-refractivity contribution >= 4 is 34.2 Å². The van der Waals surface area contributed by atoms with Crippen molar-refractivity contribution in [3.63, 3.8) is 0 Å². The molecule has 0 amide bonds. The first kappa shape index (κ1) is 18.4. The number of hydrogen-bond acceptors (Lipinski definition) is 1. The van der Waals surface area contributed by atoms with Crippen molar-refractivity contribution in [2.24, 2.45) is 0 Å². The SMILES string of the molecule is C=[N+]1C=CC(c2cnc3cc[o+][c-]3c2)=C[C-]1c1cc(C(C)(C)C)c2ccccc2c1. The van der Waals surface area contributed by atoms with Crippen LogP contribution in [-0.4, -0.2) is 16.3 Å². The summed E-state index contributed by atoms with van der Waals surface area (Å²) in [5.41, 5.74) is 6.29. The zero-order valence-electron chi connectivity index (χ0n) is 17.5. The molecule has 0 saturated carbocycles. The monoisotopic (exact) mass is 392 g/mol. The smallest absolute Gasteiger partial charge is 0.283 e. The first-order valence-corrected chi connectivity index (χ1v) is 10.1. The molecule has 0 radical (unpaired) electrons. The number of hydrogen-bond donors (Lipinski definition) is 0. The van der Waals surface area contributed by atoms with E-state index in [9.17, 15) is 0 Å². The number of nitrogens with zero attached hydrogens (tertiary/aromatic N) is 2. The Morgan fingerprint density at radius 1 is 1.10 bits per heavy atom. The minimum atomic E-state index is 0.0352. The quantitative estimate of drug-likeness (QED) is 0.222. The lowest BCUT2D eigenvalue weighted by Gasteiger charge is -2.27. The number of allylic oxidation sites excluding steroid dienone is 2. The molecule has 0 fully saturated rings. The molecule has 3 nitrogen and oxygen atoms in total. The molecule has 0 saturated heterocycles. The lowest BCUT2D eigenvalue weighted by molar-refractivity contribution is -0.417. The lowest BCUT2D eigenvalue weighted by Crippen LogP contribution is -2.17. The molecule has 0 unspecified atom stereocenters. The molecule has 0 aliphatic carbocycles. The van der Waals surface area contributed by atoms with Gasteiger partial charge in [0.15, 0.2) is 0 Å². The number of benzene rings is 2. The zero-order valence-corrected chi connectivity index (χ0v) is 17.5. The van der Waals surface area contributed by atoms with Gasteiger partial charge in [-0.3, -0.25) is 9.56 Å². The highest BCUT2D eigenvalue weighted by molar-refractivity contribution is 5.88. The second kappa shape index (κ2) is 6.74. The predicted molar refractivity (Wildman–Crippen MR) is 124 cm³/mol. The normalized spacial score (nSPS) is 14.6. The molecule has 1 aliphatic rings. The van der Waals surface area contributed by atoms with Gasteiger partial charge in [-0.2, -0.15) is 0 Å². The fourth-order valence-corrected chi connectivity index (χ4v) is 4.04. The first-order valence-electron chi connectivity index (χ1n) is 10.1. The van der Waals surface area contributed by atoms with Crippen molar-refractivity contribution in [3.05, 3.63) is 102 Å². The molecule has 1 aliphatic heterocycles. The number of rotatable bonds is 2. The van der Waals surface area contributed by atoms with Gasteiger partial charge in [-0.05, 0) is 46.2 Å². The van der Waals surface area contributed by atoms with Gasteiger partial charge in [0.1, 0.15) is 12.2 Å². The van der Waals surface area contributed by atoms with Crippen LogP contribution in [0.15, 0.2) is 83.8 Å². The highest BCUT2D eigenvalue weighted by atomic mass is 16.3. The van der Waals surface area contributed by atoms with E-state index in [-0.39, 0.29) is 5.41 Å². The van der Waals surface area contributed by atoms with Crippen molar-refractivity contribution in [2.45, 2.75) is 26.2 Å². The minimum absolute atomic E-state index is 0.0352. The van der Waals surface area contributed by atoms with Crippen LogP contribution >= 0.6 is 0 Å². The third-order valence-electron chi connectivity index (χ3n) is 5.64. The summed E-state index contributed by atoms with van der Waals surface area (Å²) in [5.74, 6) is 0. The van der Waals surface area contributed by atoms with Crippen LogP contribution in [0.5, 0.6) is 0 Å². The van der Waals surface area contributed by atoms with Crippen molar-refractivity contribution < 1.29 is 8.99 Å². The molecule has 148 valence electrons. The Kier molecular flexibility index (Phi) is 4.14. The van der Waals surface area contributed by atoms with Gasteiger partial charge in [-0.1, -0.05) is 79.9 Å². The van der Waals surface area contributed by atoms with E-state index in [1.54, 1.807) is 6.26 Å². The molecule has 0 N–H and O–H groups in total. The van der Waals surface area contributed by atoms with E-state index >= 15 is 0 Å². The second-order valence-corrected chi connectivity index (χ2v) is 8.79. The van der Waals surface area contributed by atoms with Crippen LogP contribution < -0.4 is 0 Å². The van der Waals surface area contributed by atoms with Gasteiger partial charge in [-0.15, -0.1) is 0 Å². The molecule has 0 atom stereocenters. The van der Waals surface area contributed by atoms with E-state index < -0.39 is 0 Å². The van der Waals surface area contributed by atoms with E-state index in [4.69, 9.17) is 4.42 Å². The molecule has 5 rings (SSSR count). The minimum Gasteiger partial charge on any atom is -0.311 e. The summed E-state index contributed by atoms with van der Waals surface area (Å²) < 4.78 is 7.47. The van der Waals surface area contributed by atoms with E-state index in [2.05, 4.69) is 81.0 Å². The van der Waals surface area contributed by atoms with Crippen molar-refractivity contribution in [2.75, 3.05) is 0 Å². The topological polar surface area (TPSA) is 27.2 Å². The van der Waals surface area contributed by atoms with Crippen LogP contribution in [0.3, 0.4) is 0 Å². The van der Waals surface area contributed by atoms with Gasteiger partial charge >= 0.3 is 0 Å². The third-order valence-corrected chi connectivity index (χ3v) is 5.64. The van der Waals surface area contributed by atoms with Crippen molar-refractivity contribution in [3.8, 4) is 0 Å². The first-order chi connectivity index (χ1) is 14.4. The third kappa shape index (κ3) is 3.13. The molecule has 0 spiro atoms. The summed E-state index contributed by atoms with van der Waals surface area (Å²) in [5, 5.41) is 2.54. The van der Waals surface area contributed by atoms with E-state index in [1.807, 2.05) is 29.1 Å². The molecular weight excluding hydrogens is 368 g/mol. The van der Waals surface area contributed by atoms with E-state index in [0.717, 1.165) is 33.8 Å². The van der Waals surface area contributed by atoms with Gasteiger partial charge in [-0.25, -0.2) is 0 Å². The molecule has 0 bridgehead atoms. The molecular formula is C27H24N2O. The fourth-order valence-electron chi connectivity index (χ4n) is 4.04. The highest BCUT2D eigenvalue weighted by Gasteiger charge is 2.22. The summed E-state index contributed by atoms with van der Waals surface area (Å²) in [6.45, 7) is 11.0. The molecule has 2 aromatic heterocycles. The predicted octanol–water partition coefficient (Wildman–Crippen LogP) is 6.48. The summed E-state index contributed by atoms with van der Waals surface area (Å²) in [6, 6.07) is 18.1. The van der Waals surface area contributed by atoms with Crippen LogP contribution in [-0.2, 0) is 5.41 Å². The Morgan fingerprint density at radius 2 is 1.93 bits per heavy atom. The van der Waals surface area contributed by atoms with E-state index in [0.29, 0.717) is 0 Å². The average Bonchev–Trinajstić information content (AvgIpc) is 3.20. The van der Waals surface area contributed by atoms with Crippen LogP contribution in [0.4, 0.5) is 0 Å². The van der Waals surface area contributed by atoms with Gasteiger partial charge in [0.25, 0.3) is 5.58 Å². The molecule has 4 aromatic rings. The standard InChI is InChI=1S/C27H24N2O/c1-27(2,3)23-14-20(13-19-7-5-6-8-22(19)23)25-15-18(9-11-29(25)4)21-16-26-24(28-17-21)10-12-30-26/h5-17H,4H2,1-3H3. The largest absolute Gasteiger partial charge is 0.311 e. The summed E-state index contributed by atoms with van der Waals surface area (Å²) in [7, 11) is 0. The van der Waals surface area contributed by atoms with Crippen LogP contribution in [0.25, 0.3) is 27.4 Å². The molecule has 30 heavy (non-hydrogen) atoms. The van der Waals surface area contributed by atoms with Gasteiger partial charge in [0.2, 0.25) is 6.26 Å². The maximum atomic E-state index is 5.54. The number of pyridine rings is 1. The Morgan fingerprint density at radius 3 is 2.77 bits per heavy atom. The number of fused-ring (bicyclic) bond motifs is 2. The van der Waals surface area contributed by atoms with Gasteiger partial charge in [0, 0.05) is 0 Å². The average molecular weight is 393 g/mol. The van der Waals surface area contributed by atoms with Gasteiger partial charge < -0.3 is 4.42 Å². The van der Waals surface area contributed by atoms with Gasteiger partial charge in [0.05, 0.1) is 12.2 Å². The molecule has 3 heterocycles. The Hall–Kier alpha value is -3.59. The number of aromatic nitrogens is 1. The van der Waals surface area contributed by atoms with Crippen molar-refractivity contribution in [1.82, 2.24) is 4.98 Å². The Labute approximate surface area is 176 Å². The zero-order chi connectivity index (χ0) is 20.9. The van der Waals surface area contributed by atoms with Crippen LogP contribution in [0.1, 0.15) is 37.5 Å². The van der Waals surface area contributed by atoms with Crippen molar-refractivity contribution in [1.29, 1.82) is 0 Å². The van der Waals surface area contributed by atoms with Crippen LogP contribution in [0.2, 0.25) is 0 Å². The Balaban J connectivity index is 1.64. The summed E-state index contributed by atoms with van der Waals surface area (Å²) in [6.07, 6.45) is 9.81. The van der Waals surface area contributed by atoms with E-state index in [1.165, 1.54) is 16.3 Å².